The fourth-order valence-electron chi connectivity index (χ4n) is 2.12. The number of amides is 1. The third-order valence-corrected chi connectivity index (χ3v) is 4.11. The van der Waals surface area contributed by atoms with Crippen molar-refractivity contribution < 1.29 is 9.53 Å². The molecular weight excluding hydrogens is 297 g/mol. The summed E-state index contributed by atoms with van der Waals surface area (Å²) < 4.78 is 5.51. The molecule has 2 rings (SSSR count). The van der Waals surface area contributed by atoms with Crippen molar-refractivity contribution in [2.24, 2.45) is 0 Å². The highest BCUT2D eigenvalue weighted by atomic mass is 35.5. The lowest BCUT2D eigenvalue weighted by molar-refractivity contribution is -0.137. The lowest BCUT2D eigenvalue weighted by atomic mass is 10.1. The molecule has 20 heavy (non-hydrogen) atoms. The SMILES string of the molecule is CC1CN(C(=O)/C=C/c2cccc(Cl)c2Cl)C(C)CO1. The molecule has 108 valence electrons. The molecule has 0 spiro atoms. The van der Waals surface area contributed by atoms with Crippen LogP contribution in [0.5, 0.6) is 0 Å². The van der Waals surface area contributed by atoms with Crippen LogP contribution in [0.4, 0.5) is 0 Å². The molecule has 1 aromatic carbocycles. The molecule has 1 aromatic rings. The smallest absolute Gasteiger partial charge is 0.246 e. The van der Waals surface area contributed by atoms with Gasteiger partial charge in [0.05, 0.1) is 28.8 Å². The number of hydrogen-bond donors (Lipinski definition) is 0. The summed E-state index contributed by atoms with van der Waals surface area (Å²) in [5, 5.41) is 0.941. The van der Waals surface area contributed by atoms with Crippen LogP contribution in [0.3, 0.4) is 0 Å². The topological polar surface area (TPSA) is 29.5 Å². The monoisotopic (exact) mass is 313 g/mol. The average Bonchev–Trinajstić information content (AvgIpc) is 2.43. The Morgan fingerprint density at radius 1 is 1.40 bits per heavy atom. The number of carbonyl (C=O) groups is 1. The summed E-state index contributed by atoms with van der Waals surface area (Å²) >= 11 is 12.0. The molecule has 3 nitrogen and oxygen atoms in total. The lowest BCUT2D eigenvalue weighted by Gasteiger charge is -2.36. The van der Waals surface area contributed by atoms with E-state index in [-0.39, 0.29) is 18.1 Å². The van der Waals surface area contributed by atoms with Crippen LogP contribution >= 0.6 is 23.2 Å². The van der Waals surface area contributed by atoms with Crippen molar-refractivity contribution >= 4 is 35.2 Å². The van der Waals surface area contributed by atoms with E-state index in [0.29, 0.717) is 23.2 Å². The van der Waals surface area contributed by atoms with Gasteiger partial charge in [0.1, 0.15) is 0 Å². The number of halogens is 2. The quantitative estimate of drug-likeness (QED) is 0.780. The molecule has 0 aromatic heterocycles. The normalized spacial score (nSPS) is 23.3. The first-order chi connectivity index (χ1) is 9.49. The molecule has 2 unspecified atom stereocenters. The molecule has 0 saturated carbocycles. The van der Waals surface area contributed by atoms with Crippen molar-refractivity contribution in [1.82, 2.24) is 4.90 Å². The Hall–Kier alpha value is -1.03. The van der Waals surface area contributed by atoms with Gasteiger partial charge in [-0.3, -0.25) is 4.79 Å². The number of ether oxygens (including phenoxy) is 1. The van der Waals surface area contributed by atoms with Crippen LogP contribution in [0.15, 0.2) is 24.3 Å². The van der Waals surface area contributed by atoms with Crippen LogP contribution < -0.4 is 0 Å². The number of carbonyl (C=O) groups excluding carboxylic acids is 1. The average molecular weight is 314 g/mol. The van der Waals surface area contributed by atoms with Crippen LogP contribution in [0.2, 0.25) is 10.0 Å². The molecular formula is C15H17Cl2NO2. The second-order valence-corrected chi connectivity index (χ2v) is 5.75. The Morgan fingerprint density at radius 2 is 2.15 bits per heavy atom. The van der Waals surface area contributed by atoms with Gasteiger partial charge in [-0.15, -0.1) is 0 Å². The van der Waals surface area contributed by atoms with E-state index < -0.39 is 0 Å². The highest BCUT2D eigenvalue weighted by Gasteiger charge is 2.25. The minimum atomic E-state index is -0.0382. The maximum Gasteiger partial charge on any atom is 0.246 e. The largest absolute Gasteiger partial charge is 0.375 e. The van der Waals surface area contributed by atoms with Crippen molar-refractivity contribution in [3.8, 4) is 0 Å². The summed E-state index contributed by atoms with van der Waals surface area (Å²) in [4.78, 5) is 14.0. The van der Waals surface area contributed by atoms with Crippen molar-refractivity contribution in [2.45, 2.75) is 26.0 Å². The molecule has 0 N–H and O–H groups in total. The summed E-state index contributed by atoms with van der Waals surface area (Å²) in [5.74, 6) is -0.0382. The van der Waals surface area contributed by atoms with Crippen LogP contribution in [0, 0.1) is 0 Å². The van der Waals surface area contributed by atoms with Gasteiger partial charge in [0.2, 0.25) is 5.91 Å². The maximum atomic E-state index is 12.2. The molecule has 5 heteroatoms. The Bertz CT molecular complexity index is 531. The van der Waals surface area contributed by atoms with Gasteiger partial charge < -0.3 is 9.64 Å². The third kappa shape index (κ3) is 3.54. The first kappa shape index (κ1) is 15.4. The molecule has 1 heterocycles. The van der Waals surface area contributed by atoms with Crippen molar-refractivity contribution in [2.75, 3.05) is 13.2 Å². The Labute approximate surface area is 129 Å². The second-order valence-electron chi connectivity index (χ2n) is 4.96. The molecule has 1 aliphatic heterocycles. The fraction of sp³-hybridized carbons (Fsp3) is 0.400. The Morgan fingerprint density at radius 3 is 2.90 bits per heavy atom. The molecule has 0 radical (unpaired) electrons. The highest BCUT2D eigenvalue weighted by Crippen LogP contribution is 2.26. The van der Waals surface area contributed by atoms with E-state index in [1.54, 1.807) is 18.2 Å². The van der Waals surface area contributed by atoms with Crippen molar-refractivity contribution in [3.63, 3.8) is 0 Å². The van der Waals surface area contributed by atoms with Gasteiger partial charge >= 0.3 is 0 Å². The summed E-state index contributed by atoms with van der Waals surface area (Å²) in [6.07, 6.45) is 3.30. The molecule has 2 atom stereocenters. The first-order valence-corrected chi connectivity index (χ1v) is 7.29. The molecule has 1 saturated heterocycles. The molecule has 1 fully saturated rings. The van der Waals surface area contributed by atoms with Gasteiger partial charge in [0, 0.05) is 12.6 Å². The van der Waals surface area contributed by atoms with E-state index in [2.05, 4.69) is 0 Å². The Kier molecular flexibility index (Phi) is 5.08. The van der Waals surface area contributed by atoms with Crippen molar-refractivity contribution in [1.29, 1.82) is 0 Å². The van der Waals surface area contributed by atoms with Gasteiger partial charge in [-0.2, -0.15) is 0 Å². The zero-order valence-electron chi connectivity index (χ0n) is 11.5. The van der Waals surface area contributed by atoms with Gasteiger partial charge in [-0.05, 0) is 31.6 Å². The van der Waals surface area contributed by atoms with E-state index >= 15 is 0 Å². The van der Waals surface area contributed by atoms with E-state index in [1.807, 2.05) is 24.8 Å². The lowest BCUT2D eigenvalue weighted by Crippen LogP contribution is -2.49. The highest BCUT2D eigenvalue weighted by molar-refractivity contribution is 6.42. The second kappa shape index (κ2) is 6.61. The van der Waals surface area contributed by atoms with Gasteiger partial charge in [0.15, 0.2) is 0 Å². The minimum absolute atomic E-state index is 0.0382. The van der Waals surface area contributed by atoms with E-state index in [0.717, 1.165) is 5.56 Å². The summed E-state index contributed by atoms with van der Waals surface area (Å²) in [5.41, 5.74) is 0.737. The zero-order chi connectivity index (χ0) is 14.7. The van der Waals surface area contributed by atoms with E-state index in [9.17, 15) is 4.79 Å². The van der Waals surface area contributed by atoms with Gasteiger partial charge in [0.25, 0.3) is 0 Å². The number of benzene rings is 1. The standard InChI is InChI=1S/C15H17Cl2NO2/c1-10-9-20-11(2)8-18(10)14(19)7-6-12-4-3-5-13(16)15(12)17/h3-7,10-11H,8-9H2,1-2H3/b7-6+. The minimum Gasteiger partial charge on any atom is -0.375 e. The Balaban J connectivity index is 2.10. The predicted molar refractivity (Wildman–Crippen MR) is 82.1 cm³/mol. The van der Waals surface area contributed by atoms with Crippen LogP contribution in [0.1, 0.15) is 19.4 Å². The van der Waals surface area contributed by atoms with Crippen LogP contribution in [-0.2, 0) is 9.53 Å². The van der Waals surface area contributed by atoms with E-state index in [1.165, 1.54) is 6.08 Å². The summed E-state index contributed by atoms with van der Waals surface area (Å²) in [6, 6.07) is 5.42. The number of rotatable bonds is 2. The third-order valence-electron chi connectivity index (χ3n) is 3.28. The number of hydrogen-bond acceptors (Lipinski definition) is 2. The van der Waals surface area contributed by atoms with Gasteiger partial charge in [-0.1, -0.05) is 35.3 Å². The van der Waals surface area contributed by atoms with E-state index in [4.69, 9.17) is 27.9 Å². The zero-order valence-corrected chi connectivity index (χ0v) is 13.0. The fourth-order valence-corrected chi connectivity index (χ4v) is 2.49. The first-order valence-electron chi connectivity index (χ1n) is 6.53. The molecule has 1 amide bonds. The molecule has 1 aliphatic rings. The molecule has 0 bridgehead atoms. The maximum absolute atomic E-state index is 12.2. The summed E-state index contributed by atoms with van der Waals surface area (Å²) in [7, 11) is 0. The number of morpholine rings is 1. The van der Waals surface area contributed by atoms with Crippen LogP contribution in [-0.4, -0.2) is 36.1 Å². The van der Waals surface area contributed by atoms with Crippen molar-refractivity contribution in [3.05, 3.63) is 39.9 Å². The summed E-state index contributed by atoms with van der Waals surface area (Å²) in [6.45, 7) is 5.11. The van der Waals surface area contributed by atoms with Crippen LogP contribution in [0.25, 0.3) is 6.08 Å². The molecule has 0 aliphatic carbocycles. The van der Waals surface area contributed by atoms with Gasteiger partial charge in [-0.25, -0.2) is 0 Å². The number of nitrogens with zero attached hydrogens (tertiary/aromatic N) is 1. The predicted octanol–water partition coefficient (Wildman–Crippen LogP) is 3.64.